The Kier molecular flexibility index (Phi) is 12.8. The van der Waals surface area contributed by atoms with Crippen molar-refractivity contribution in [2.75, 3.05) is 47.9 Å². The lowest BCUT2D eigenvalue weighted by Crippen LogP contribution is -2.41. The average molecular weight is 542 g/mol. The molecule has 1 unspecified atom stereocenters. The van der Waals surface area contributed by atoms with E-state index in [1.54, 1.807) is 14.2 Å². The molecule has 0 aliphatic rings. The maximum Gasteiger partial charge on any atom is 0.191 e. The Hall–Kier alpha value is -2.20. The molecule has 8 heteroatoms. The normalized spacial score (nSPS) is 12.0. The Morgan fingerprint density at radius 2 is 1.65 bits per heavy atom. The van der Waals surface area contributed by atoms with E-state index in [9.17, 15) is 0 Å². The highest BCUT2D eigenvalue weighted by Crippen LogP contribution is 2.26. The monoisotopic (exact) mass is 542 g/mol. The Balaban J connectivity index is 0.00000480. The van der Waals surface area contributed by atoms with Crippen LogP contribution in [0.15, 0.2) is 53.5 Å². The molecule has 0 aliphatic heterocycles. The fourth-order valence-corrected chi connectivity index (χ4v) is 2.74. The Morgan fingerprint density at radius 3 is 2.29 bits per heavy atom. The van der Waals surface area contributed by atoms with Crippen molar-refractivity contribution in [3.63, 3.8) is 0 Å². The number of hydrogen-bond donors (Lipinski definition) is 2. The smallest absolute Gasteiger partial charge is 0.191 e. The van der Waals surface area contributed by atoms with Gasteiger partial charge in [-0.25, -0.2) is 0 Å². The summed E-state index contributed by atoms with van der Waals surface area (Å²) in [4.78, 5) is 6.40. The van der Waals surface area contributed by atoms with Gasteiger partial charge in [0.2, 0.25) is 0 Å². The molecule has 0 aliphatic carbocycles. The molecular weight excluding hydrogens is 507 g/mol. The fourth-order valence-electron chi connectivity index (χ4n) is 2.74. The molecule has 0 saturated heterocycles. The van der Waals surface area contributed by atoms with Crippen LogP contribution in [0.2, 0.25) is 0 Å². The zero-order chi connectivity index (χ0) is 21.8. The molecule has 0 radical (unpaired) electrons. The summed E-state index contributed by atoms with van der Waals surface area (Å²) in [6.45, 7) is 4.72. The van der Waals surface area contributed by atoms with Gasteiger partial charge in [0.15, 0.2) is 17.5 Å². The second-order valence-corrected chi connectivity index (χ2v) is 7.15. The van der Waals surface area contributed by atoms with Gasteiger partial charge in [0.1, 0.15) is 18.5 Å². The largest absolute Gasteiger partial charge is 0.493 e. The molecule has 0 heterocycles. The van der Waals surface area contributed by atoms with Crippen molar-refractivity contribution in [1.82, 2.24) is 15.5 Å². The molecule has 0 amide bonds. The third-order valence-corrected chi connectivity index (χ3v) is 4.39. The van der Waals surface area contributed by atoms with Crippen LogP contribution in [0.1, 0.15) is 12.5 Å². The molecule has 0 spiro atoms. The fraction of sp³-hybridized carbons (Fsp3) is 0.435. The average Bonchev–Trinajstić information content (AvgIpc) is 2.75. The predicted octanol–water partition coefficient (Wildman–Crippen LogP) is 3.39. The second-order valence-electron chi connectivity index (χ2n) is 7.15. The van der Waals surface area contributed by atoms with E-state index in [0.29, 0.717) is 25.7 Å². The highest BCUT2D eigenvalue weighted by atomic mass is 127. The minimum absolute atomic E-state index is 0. The molecule has 2 aromatic rings. The summed E-state index contributed by atoms with van der Waals surface area (Å²) in [7, 11) is 7.45. The van der Waals surface area contributed by atoms with Crippen molar-refractivity contribution in [2.24, 2.45) is 4.99 Å². The molecule has 172 valence electrons. The zero-order valence-electron chi connectivity index (χ0n) is 19.1. The SMILES string of the molecule is CN=C(NCc1ccccc1OCCN(C)C)NCC(C)Oc1ccccc1OC.I. The molecule has 0 saturated carbocycles. The number of likely N-dealkylation sites (N-methyl/N-ethyl adjacent to an activating group) is 1. The summed E-state index contributed by atoms with van der Waals surface area (Å²) in [6, 6.07) is 15.7. The minimum Gasteiger partial charge on any atom is -0.493 e. The number of nitrogens with one attached hydrogen (secondary N) is 2. The minimum atomic E-state index is -0.0681. The standard InChI is InChI=1S/C23H34N4O3.HI/c1-18(30-22-13-9-8-12-21(22)28-5)16-25-23(24-2)26-17-19-10-6-7-11-20(19)29-15-14-27(3)4;/h6-13,18H,14-17H2,1-5H3,(H2,24,25,26);1H. The van der Waals surface area contributed by atoms with Gasteiger partial charge in [-0.1, -0.05) is 30.3 Å². The molecule has 0 bridgehead atoms. The molecule has 0 aromatic heterocycles. The van der Waals surface area contributed by atoms with Crippen LogP contribution in [0.3, 0.4) is 0 Å². The summed E-state index contributed by atoms with van der Waals surface area (Å²) in [5, 5.41) is 6.64. The van der Waals surface area contributed by atoms with Gasteiger partial charge < -0.3 is 29.7 Å². The van der Waals surface area contributed by atoms with Gasteiger partial charge in [-0.15, -0.1) is 24.0 Å². The number of aliphatic imine (C=N–C) groups is 1. The van der Waals surface area contributed by atoms with E-state index in [1.807, 2.05) is 63.5 Å². The van der Waals surface area contributed by atoms with Gasteiger partial charge in [-0.3, -0.25) is 4.99 Å². The van der Waals surface area contributed by atoms with Gasteiger partial charge in [-0.2, -0.15) is 0 Å². The first-order valence-corrected chi connectivity index (χ1v) is 10.1. The third kappa shape index (κ3) is 9.65. The van der Waals surface area contributed by atoms with E-state index in [4.69, 9.17) is 14.2 Å². The lowest BCUT2D eigenvalue weighted by molar-refractivity contribution is 0.213. The topological polar surface area (TPSA) is 67.4 Å². The molecule has 2 rings (SSSR count). The van der Waals surface area contributed by atoms with E-state index in [-0.39, 0.29) is 30.1 Å². The van der Waals surface area contributed by atoms with Gasteiger partial charge >= 0.3 is 0 Å². The third-order valence-electron chi connectivity index (χ3n) is 4.39. The lowest BCUT2D eigenvalue weighted by atomic mass is 10.2. The van der Waals surface area contributed by atoms with Crippen LogP contribution in [0, 0.1) is 0 Å². The number of hydrogen-bond acceptors (Lipinski definition) is 5. The van der Waals surface area contributed by atoms with E-state index in [0.717, 1.165) is 29.4 Å². The van der Waals surface area contributed by atoms with Crippen molar-refractivity contribution in [1.29, 1.82) is 0 Å². The molecular formula is C23H35IN4O3. The quantitative estimate of drug-likeness (QED) is 0.258. The number of nitrogens with zero attached hydrogens (tertiary/aromatic N) is 2. The Labute approximate surface area is 203 Å². The lowest BCUT2D eigenvalue weighted by Gasteiger charge is -2.19. The van der Waals surface area contributed by atoms with Gasteiger partial charge in [0, 0.05) is 25.7 Å². The maximum atomic E-state index is 5.98. The van der Waals surface area contributed by atoms with Crippen LogP contribution in [0.25, 0.3) is 0 Å². The maximum absolute atomic E-state index is 5.98. The number of methoxy groups -OCH3 is 1. The summed E-state index contributed by atoms with van der Waals surface area (Å²) < 4.78 is 17.2. The zero-order valence-corrected chi connectivity index (χ0v) is 21.4. The van der Waals surface area contributed by atoms with Crippen LogP contribution >= 0.6 is 24.0 Å². The number of ether oxygens (including phenoxy) is 3. The summed E-state index contributed by atoms with van der Waals surface area (Å²) in [5.41, 5.74) is 1.08. The molecule has 2 aromatic carbocycles. The first-order valence-electron chi connectivity index (χ1n) is 10.1. The molecule has 1 atom stereocenters. The Morgan fingerprint density at radius 1 is 1.00 bits per heavy atom. The van der Waals surface area contributed by atoms with Gasteiger partial charge in [0.25, 0.3) is 0 Å². The van der Waals surface area contributed by atoms with E-state index in [1.165, 1.54) is 0 Å². The van der Waals surface area contributed by atoms with Crippen LogP contribution in [-0.4, -0.2) is 64.9 Å². The van der Waals surface area contributed by atoms with Gasteiger partial charge in [0.05, 0.1) is 13.7 Å². The summed E-state index contributed by atoms with van der Waals surface area (Å²) in [6.07, 6.45) is -0.0681. The van der Waals surface area contributed by atoms with E-state index >= 15 is 0 Å². The van der Waals surface area contributed by atoms with Crippen LogP contribution in [0.4, 0.5) is 0 Å². The van der Waals surface area contributed by atoms with E-state index < -0.39 is 0 Å². The van der Waals surface area contributed by atoms with Crippen molar-refractivity contribution in [2.45, 2.75) is 19.6 Å². The summed E-state index contributed by atoms with van der Waals surface area (Å²) in [5.74, 6) is 3.03. The molecule has 2 N–H and O–H groups in total. The number of benzene rings is 2. The molecule has 0 fully saturated rings. The molecule has 7 nitrogen and oxygen atoms in total. The van der Waals surface area contributed by atoms with Crippen molar-refractivity contribution < 1.29 is 14.2 Å². The van der Waals surface area contributed by atoms with Crippen molar-refractivity contribution >= 4 is 29.9 Å². The number of guanidine groups is 1. The van der Waals surface area contributed by atoms with E-state index in [2.05, 4.69) is 26.6 Å². The number of para-hydroxylation sites is 3. The highest BCUT2D eigenvalue weighted by molar-refractivity contribution is 14.0. The first kappa shape index (κ1) is 26.8. The number of rotatable bonds is 11. The second kappa shape index (κ2) is 14.7. The van der Waals surface area contributed by atoms with Crippen LogP contribution in [-0.2, 0) is 6.54 Å². The highest BCUT2D eigenvalue weighted by Gasteiger charge is 2.10. The summed E-state index contributed by atoms with van der Waals surface area (Å²) >= 11 is 0. The number of halogens is 1. The van der Waals surface area contributed by atoms with Crippen LogP contribution < -0.4 is 24.8 Å². The van der Waals surface area contributed by atoms with Crippen molar-refractivity contribution in [3.05, 3.63) is 54.1 Å². The predicted molar refractivity (Wildman–Crippen MR) is 137 cm³/mol. The van der Waals surface area contributed by atoms with Gasteiger partial charge in [-0.05, 0) is 39.2 Å². The Bertz CT molecular complexity index is 802. The van der Waals surface area contributed by atoms with Crippen LogP contribution in [0.5, 0.6) is 17.2 Å². The van der Waals surface area contributed by atoms with Crippen molar-refractivity contribution in [3.8, 4) is 17.2 Å². The first-order chi connectivity index (χ1) is 14.5. The molecule has 31 heavy (non-hydrogen) atoms.